The third kappa shape index (κ3) is 2.19. The lowest BCUT2D eigenvalue weighted by Crippen LogP contribution is -2.63. The van der Waals surface area contributed by atoms with Crippen molar-refractivity contribution in [3.8, 4) is 5.75 Å². The molecule has 0 aliphatic carbocycles. The number of morpholine rings is 1. The largest absolute Gasteiger partial charge is 0.508 e. The molecule has 1 spiro atoms. The van der Waals surface area contributed by atoms with E-state index >= 15 is 0 Å². The number of aromatic hydroxyl groups is 1. The van der Waals surface area contributed by atoms with E-state index in [0.29, 0.717) is 6.61 Å². The van der Waals surface area contributed by atoms with Gasteiger partial charge in [-0.25, -0.2) is 0 Å². The Balaban J connectivity index is 2.00. The van der Waals surface area contributed by atoms with Crippen molar-refractivity contribution in [1.29, 1.82) is 0 Å². The molecule has 0 saturated carbocycles. The summed E-state index contributed by atoms with van der Waals surface area (Å²) in [5.74, 6) is 0.152. The number of nitrogens with zero attached hydrogens (tertiary/aromatic N) is 1. The molecular weight excluding hydrogens is 244 g/mol. The van der Waals surface area contributed by atoms with E-state index in [-0.39, 0.29) is 23.8 Å². The van der Waals surface area contributed by atoms with E-state index in [9.17, 15) is 9.90 Å². The Morgan fingerprint density at radius 2 is 2.11 bits per heavy atom. The van der Waals surface area contributed by atoms with Gasteiger partial charge in [-0.05, 0) is 38.1 Å². The van der Waals surface area contributed by atoms with Crippen molar-refractivity contribution in [3.05, 3.63) is 24.3 Å². The first kappa shape index (κ1) is 12.4. The summed E-state index contributed by atoms with van der Waals surface area (Å²) >= 11 is 0. The van der Waals surface area contributed by atoms with Crippen LogP contribution in [-0.2, 0) is 9.53 Å². The zero-order valence-electron chi connectivity index (χ0n) is 10.8. The third-order valence-corrected chi connectivity index (χ3v) is 3.94. The number of phenolic OH excluding ortho intramolecular Hbond substituents is 1. The molecule has 5 nitrogen and oxygen atoms in total. The highest BCUT2D eigenvalue weighted by Crippen LogP contribution is 2.35. The molecule has 2 fully saturated rings. The number of hydrogen-bond acceptors (Lipinski definition) is 4. The average molecular weight is 262 g/mol. The maximum absolute atomic E-state index is 12.3. The minimum absolute atomic E-state index is 0.0289. The van der Waals surface area contributed by atoms with Crippen LogP contribution in [-0.4, -0.2) is 42.9 Å². The highest BCUT2D eigenvalue weighted by molar-refractivity contribution is 5.96. The van der Waals surface area contributed by atoms with Crippen LogP contribution in [0.2, 0.25) is 0 Å². The smallest absolute Gasteiger partial charge is 0.253 e. The molecule has 1 aromatic rings. The van der Waals surface area contributed by atoms with Crippen LogP contribution in [0.25, 0.3) is 0 Å². The zero-order chi connectivity index (χ0) is 13.3. The number of carbonyl (C=O) groups is 1. The minimum atomic E-state index is -0.269. The van der Waals surface area contributed by atoms with E-state index in [0.717, 1.165) is 31.6 Å². The maximum Gasteiger partial charge on any atom is 0.253 e. The molecule has 1 amide bonds. The number of hydrogen-bond donors (Lipinski definition) is 2. The van der Waals surface area contributed by atoms with Gasteiger partial charge in [0.05, 0.1) is 12.1 Å². The van der Waals surface area contributed by atoms with Crippen LogP contribution in [0.15, 0.2) is 24.3 Å². The van der Waals surface area contributed by atoms with Crippen LogP contribution >= 0.6 is 0 Å². The van der Waals surface area contributed by atoms with Crippen LogP contribution in [0.1, 0.15) is 12.8 Å². The van der Waals surface area contributed by atoms with Crippen molar-refractivity contribution < 1.29 is 14.6 Å². The van der Waals surface area contributed by atoms with Crippen LogP contribution in [0.4, 0.5) is 5.69 Å². The highest BCUT2D eigenvalue weighted by Gasteiger charge is 2.44. The van der Waals surface area contributed by atoms with E-state index in [1.54, 1.807) is 18.2 Å². The molecule has 2 aliphatic rings. The average Bonchev–Trinajstić information content (AvgIpc) is 2.39. The third-order valence-electron chi connectivity index (χ3n) is 3.94. The lowest BCUT2D eigenvalue weighted by molar-refractivity contribution is -0.131. The van der Waals surface area contributed by atoms with Gasteiger partial charge in [-0.3, -0.25) is 4.79 Å². The van der Waals surface area contributed by atoms with Crippen LogP contribution in [0, 0.1) is 0 Å². The predicted octanol–water partition coefficient (Wildman–Crippen LogP) is 0.878. The first-order valence-corrected chi connectivity index (χ1v) is 6.62. The van der Waals surface area contributed by atoms with Gasteiger partial charge >= 0.3 is 0 Å². The van der Waals surface area contributed by atoms with E-state index in [4.69, 9.17) is 4.74 Å². The molecule has 102 valence electrons. The number of piperidine rings is 1. The topological polar surface area (TPSA) is 61.8 Å². The van der Waals surface area contributed by atoms with E-state index in [2.05, 4.69) is 5.32 Å². The minimum Gasteiger partial charge on any atom is -0.508 e. The molecular formula is C14H18N2O3. The molecule has 1 aromatic carbocycles. The van der Waals surface area contributed by atoms with Gasteiger partial charge in [0.25, 0.3) is 5.91 Å². The van der Waals surface area contributed by atoms with Gasteiger partial charge in [0, 0.05) is 11.8 Å². The van der Waals surface area contributed by atoms with Crippen LogP contribution in [0.5, 0.6) is 5.75 Å². The monoisotopic (exact) mass is 262 g/mol. The standard InChI is InChI=1S/C14H18N2O3/c17-12-3-1-2-11(8-12)16-13(18)9-19-10-14(16)4-6-15-7-5-14/h1-3,8,15,17H,4-7,9-10H2. The van der Waals surface area contributed by atoms with Crippen molar-refractivity contribution in [3.63, 3.8) is 0 Å². The van der Waals surface area contributed by atoms with Crippen LogP contribution < -0.4 is 10.2 Å². The summed E-state index contributed by atoms with van der Waals surface area (Å²) in [5, 5.41) is 12.9. The molecule has 3 rings (SSSR count). The Morgan fingerprint density at radius 3 is 2.84 bits per heavy atom. The fraction of sp³-hybridized carbons (Fsp3) is 0.500. The van der Waals surface area contributed by atoms with Crippen molar-refractivity contribution in [2.45, 2.75) is 18.4 Å². The molecule has 2 aliphatic heterocycles. The molecule has 2 saturated heterocycles. The Morgan fingerprint density at radius 1 is 1.32 bits per heavy atom. The highest BCUT2D eigenvalue weighted by atomic mass is 16.5. The molecule has 2 heterocycles. The van der Waals surface area contributed by atoms with Gasteiger partial charge in [0.1, 0.15) is 12.4 Å². The molecule has 0 radical (unpaired) electrons. The maximum atomic E-state index is 12.3. The number of rotatable bonds is 1. The fourth-order valence-electron chi connectivity index (χ4n) is 3.03. The van der Waals surface area contributed by atoms with Gasteiger partial charge in [-0.2, -0.15) is 0 Å². The van der Waals surface area contributed by atoms with E-state index in [1.807, 2.05) is 11.0 Å². The summed E-state index contributed by atoms with van der Waals surface area (Å²) < 4.78 is 5.48. The Kier molecular flexibility index (Phi) is 3.16. The van der Waals surface area contributed by atoms with Crippen molar-refractivity contribution in [1.82, 2.24) is 5.32 Å². The molecule has 19 heavy (non-hydrogen) atoms. The fourth-order valence-corrected chi connectivity index (χ4v) is 3.03. The van der Waals surface area contributed by atoms with Crippen molar-refractivity contribution in [2.75, 3.05) is 31.2 Å². The first-order chi connectivity index (χ1) is 9.21. The summed E-state index contributed by atoms with van der Waals surface area (Å²) in [6.45, 7) is 2.44. The summed E-state index contributed by atoms with van der Waals surface area (Å²) in [6, 6.07) is 6.89. The summed E-state index contributed by atoms with van der Waals surface area (Å²) in [6.07, 6.45) is 1.74. The van der Waals surface area contributed by atoms with Gasteiger partial charge in [0.15, 0.2) is 0 Å². The quantitative estimate of drug-likeness (QED) is 0.788. The summed E-state index contributed by atoms with van der Waals surface area (Å²) in [4.78, 5) is 14.1. The lowest BCUT2D eigenvalue weighted by atomic mass is 9.85. The summed E-state index contributed by atoms with van der Waals surface area (Å²) in [5.41, 5.74) is 0.490. The number of anilines is 1. The Bertz CT molecular complexity index is 478. The Hall–Kier alpha value is -1.59. The summed E-state index contributed by atoms with van der Waals surface area (Å²) in [7, 11) is 0. The predicted molar refractivity (Wildman–Crippen MR) is 71.2 cm³/mol. The van der Waals surface area contributed by atoms with E-state index < -0.39 is 0 Å². The number of benzene rings is 1. The number of ether oxygens (including phenoxy) is 1. The number of amides is 1. The Labute approximate surface area is 112 Å². The molecule has 5 heteroatoms. The van der Waals surface area contributed by atoms with Gasteiger partial charge in [-0.15, -0.1) is 0 Å². The van der Waals surface area contributed by atoms with E-state index in [1.165, 1.54) is 0 Å². The van der Waals surface area contributed by atoms with Crippen LogP contribution in [0.3, 0.4) is 0 Å². The van der Waals surface area contributed by atoms with Gasteiger partial charge < -0.3 is 20.1 Å². The molecule has 0 atom stereocenters. The number of nitrogens with one attached hydrogen (secondary N) is 1. The second-order valence-corrected chi connectivity index (χ2v) is 5.22. The SMILES string of the molecule is O=C1COCC2(CCNCC2)N1c1cccc(O)c1. The molecule has 0 bridgehead atoms. The first-order valence-electron chi connectivity index (χ1n) is 6.62. The molecule has 0 unspecified atom stereocenters. The second kappa shape index (κ2) is 4.83. The molecule has 0 aromatic heterocycles. The second-order valence-electron chi connectivity index (χ2n) is 5.22. The zero-order valence-corrected chi connectivity index (χ0v) is 10.8. The number of phenols is 1. The molecule has 2 N–H and O–H groups in total. The van der Waals surface area contributed by atoms with Gasteiger partial charge in [-0.1, -0.05) is 6.07 Å². The van der Waals surface area contributed by atoms with Crippen molar-refractivity contribution >= 4 is 11.6 Å². The number of carbonyl (C=O) groups excluding carboxylic acids is 1. The van der Waals surface area contributed by atoms with Crippen molar-refractivity contribution in [2.24, 2.45) is 0 Å². The van der Waals surface area contributed by atoms with Gasteiger partial charge in [0.2, 0.25) is 0 Å². The lowest BCUT2D eigenvalue weighted by Gasteiger charge is -2.49. The normalized spacial score (nSPS) is 22.7.